The van der Waals surface area contributed by atoms with Crippen LogP contribution in [0.15, 0.2) is 85.0 Å². The quantitative estimate of drug-likeness (QED) is 0.0350. The van der Waals surface area contributed by atoms with Gasteiger partial charge in [0.1, 0.15) is 6.29 Å². The van der Waals surface area contributed by atoms with Crippen molar-refractivity contribution >= 4 is 58.2 Å². The van der Waals surface area contributed by atoms with E-state index in [0.717, 1.165) is 64.1 Å². The summed E-state index contributed by atoms with van der Waals surface area (Å²) in [6.07, 6.45) is 19.8. The van der Waals surface area contributed by atoms with Crippen molar-refractivity contribution in [3.63, 3.8) is 0 Å². The van der Waals surface area contributed by atoms with Crippen molar-refractivity contribution in [2.45, 2.75) is 270 Å². The highest BCUT2D eigenvalue weighted by Gasteiger charge is 2.51. The van der Waals surface area contributed by atoms with Crippen LogP contribution in [-0.2, 0) is 26.9 Å². The maximum Gasteiger partial charge on any atom is 0.261 e. The summed E-state index contributed by atoms with van der Waals surface area (Å²) in [5.74, 6) is 0. The number of carbonyl (C=O) groups excluding carboxylic acids is 1. The van der Waals surface area contributed by atoms with Gasteiger partial charge in [0, 0.05) is 12.5 Å². The van der Waals surface area contributed by atoms with Crippen molar-refractivity contribution in [2.75, 3.05) is 6.61 Å². The zero-order valence-electron chi connectivity index (χ0n) is 50.2. The monoisotopic (exact) mass is 1070 g/mol. The molecule has 0 bridgehead atoms. The maximum atomic E-state index is 11.0. The molecule has 0 fully saturated rings. The lowest BCUT2D eigenvalue weighted by Crippen LogP contribution is -2.67. The van der Waals surface area contributed by atoms with Gasteiger partial charge < -0.3 is 26.9 Å². The first-order valence-electron chi connectivity index (χ1n) is 27.6. The Hall–Kier alpha value is -1.53. The Morgan fingerprint density at radius 3 is 1.27 bits per heavy atom. The molecule has 4 atom stereocenters. The van der Waals surface area contributed by atoms with E-state index < -0.39 is 41.6 Å². The van der Waals surface area contributed by atoms with Gasteiger partial charge in [-0.1, -0.05) is 202 Å². The minimum absolute atomic E-state index is 0.00972. The first-order chi connectivity index (χ1) is 32.3. The van der Waals surface area contributed by atoms with Gasteiger partial charge in [-0.25, -0.2) is 0 Å². The Morgan fingerprint density at radius 2 is 0.831 bits per heavy atom. The van der Waals surface area contributed by atoms with Crippen LogP contribution in [0.3, 0.4) is 0 Å². The average Bonchev–Trinajstić information content (AvgIpc) is 3.21. The first kappa shape index (κ1) is 65.6. The molecule has 0 radical (unpaired) electrons. The highest BCUT2D eigenvalue weighted by atomic mass is 28.4. The van der Waals surface area contributed by atoms with Crippen LogP contribution in [-0.4, -0.2) is 78.9 Å². The lowest BCUT2D eigenvalue weighted by molar-refractivity contribution is -0.107. The van der Waals surface area contributed by atoms with Crippen molar-refractivity contribution in [1.29, 1.82) is 0 Å². The predicted molar refractivity (Wildman–Crippen MR) is 322 cm³/mol. The molecule has 0 N–H and O–H groups in total. The number of hydrogen-bond donors (Lipinski definition) is 0. The van der Waals surface area contributed by atoms with E-state index in [0.29, 0.717) is 13.0 Å². The molecule has 406 valence electrons. The summed E-state index contributed by atoms with van der Waals surface area (Å²) in [6, 6.07) is 21.9. The standard InChI is InChI=1S/C60H110O6Si5/c1-56(2,3)67(16,17)63-50(37-28-24-25-33-48-61)38-34-39-51(64-68(18,19)57(4,5)6)40-35-41-52(65-69(20,21)58(7,8)9)42-36-43-53(66-70(22,23)59(10,11)12)49-62-71(60(13,14)15,54-44-29-26-30-45-54)55-46-31-27-32-47-55/h26-27,29-32,35-36,40,42,44-48,50-53H,24-25,28,33-34,37-39,41,43,49H2,1-23H3/b40-35+,42-36+/t50-,51-,52-,53-/m1/s1. The summed E-state index contributed by atoms with van der Waals surface area (Å²) < 4.78 is 36.6. The van der Waals surface area contributed by atoms with Crippen LogP contribution in [0.4, 0.5) is 0 Å². The SMILES string of the molecule is CC(C)(C)[Si](C)(C)O[C@H](CCCCCC=O)CCC[C@H](/C=C/C[C@H](/C=C/C[C@H](CO[Si](c1ccccc1)(c1ccccc1)C(C)(C)C)O[Si](C)(C)C(C)(C)C)O[Si](C)(C)C(C)(C)C)O[Si](C)(C)C(C)(C)C. The van der Waals surface area contributed by atoms with Gasteiger partial charge in [0.15, 0.2) is 33.3 Å². The Labute approximate surface area is 444 Å². The van der Waals surface area contributed by atoms with Crippen LogP contribution < -0.4 is 10.4 Å². The van der Waals surface area contributed by atoms with Crippen molar-refractivity contribution in [1.82, 2.24) is 0 Å². The minimum atomic E-state index is -2.79. The Morgan fingerprint density at radius 1 is 0.437 bits per heavy atom. The molecule has 0 unspecified atom stereocenters. The van der Waals surface area contributed by atoms with Crippen LogP contribution in [0.25, 0.3) is 0 Å². The van der Waals surface area contributed by atoms with Crippen LogP contribution in [0.2, 0.25) is 77.6 Å². The molecule has 0 aliphatic carbocycles. The Balaban J connectivity index is 2.57. The molecule has 0 aliphatic rings. The third-order valence-electron chi connectivity index (χ3n) is 16.8. The number of aldehydes is 1. The molecule has 2 aromatic rings. The molecule has 71 heavy (non-hydrogen) atoms. The second-order valence-electron chi connectivity index (χ2n) is 27.9. The largest absolute Gasteiger partial charge is 0.414 e. The molecule has 0 heterocycles. The van der Waals surface area contributed by atoms with E-state index in [9.17, 15) is 4.79 Å². The van der Waals surface area contributed by atoms with Gasteiger partial charge in [0.25, 0.3) is 8.32 Å². The first-order valence-corrected chi connectivity index (χ1v) is 41.1. The molecule has 0 spiro atoms. The van der Waals surface area contributed by atoms with E-state index in [1.165, 1.54) is 10.4 Å². The summed E-state index contributed by atoms with van der Waals surface area (Å²) in [7, 11) is -11.2. The summed E-state index contributed by atoms with van der Waals surface area (Å²) in [5.41, 5.74) is 0. The molecular weight excluding hydrogens is 957 g/mol. The van der Waals surface area contributed by atoms with Crippen molar-refractivity contribution in [3.8, 4) is 0 Å². The molecule has 6 nitrogen and oxygen atoms in total. The van der Waals surface area contributed by atoms with Gasteiger partial charge in [0.2, 0.25) is 0 Å². The van der Waals surface area contributed by atoms with Crippen molar-refractivity contribution in [3.05, 3.63) is 85.0 Å². The normalized spacial score (nSPS) is 16.2. The topological polar surface area (TPSA) is 63.2 Å². The van der Waals surface area contributed by atoms with Crippen molar-refractivity contribution < 1.29 is 26.9 Å². The summed E-state index contributed by atoms with van der Waals surface area (Å²) >= 11 is 0. The van der Waals surface area contributed by atoms with Gasteiger partial charge in [-0.05, 0) is 133 Å². The van der Waals surface area contributed by atoms with Gasteiger partial charge in [-0.15, -0.1) is 0 Å². The van der Waals surface area contributed by atoms with Crippen LogP contribution in [0, 0.1) is 0 Å². The van der Waals surface area contributed by atoms with Crippen LogP contribution >= 0.6 is 0 Å². The molecule has 0 aliphatic heterocycles. The number of hydrogen-bond acceptors (Lipinski definition) is 6. The van der Waals surface area contributed by atoms with E-state index in [4.69, 9.17) is 22.1 Å². The molecule has 0 saturated carbocycles. The van der Waals surface area contributed by atoms with E-state index in [1.807, 2.05) is 0 Å². The fourth-order valence-electron chi connectivity index (χ4n) is 8.12. The van der Waals surface area contributed by atoms with E-state index in [2.05, 4.69) is 241 Å². The minimum Gasteiger partial charge on any atom is -0.414 e. The number of unbranched alkanes of at least 4 members (excludes halogenated alkanes) is 3. The lowest BCUT2D eigenvalue weighted by atomic mass is 10.0. The third kappa shape index (κ3) is 20.2. The fourth-order valence-corrected chi connectivity index (χ4v) is 18.1. The third-order valence-corrected chi connectivity index (χ3v) is 39.9. The van der Waals surface area contributed by atoms with Gasteiger partial charge in [-0.3, -0.25) is 0 Å². The van der Waals surface area contributed by atoms with E-state index >= 15 is 0 Å². The van der Waals surface area contributed by atoms with Crippen molar-refractivity contribution in [2.24, 2.45) is 0 Å². The molecule has 0 amide bonds. The van der Waals surface area contributed by atoms with E-state index in [-0.39, 0.29) is 49.6 Å². The second kappa shape index (κ2) is 27.0. The Kier molecular flexibility index (Phi) is 24.9. The smallest absolute Gasteiger partial charge is 0.261 e. The number of benzene rings is 2. The summed E-state index contributed by atoms with van der Waals surface area (Å²) in [5, 5.41) is 2.78. The van der Waals surface area contributed by atoms with Crippen LogP contribution in [0.1, 0.15) is 168 Å². The van der Waals surface area contributed by atoms with Gasteiger partial charge in [0.05, 0.1) is 24.9 Å². The molecule has 0 aromatic heterocycles. The maximum absolute atomic E-state index is 11.0. The van der Waals surface area contributed by atoms with E-state index in [1.54, 1.807) is 0 Å². The summed E-state index contributed by atoms with van der Waals surface area (Å²) in [4.78, 5) is 11.0. The molecule has 0 saturated heterocycles. The average molecular weight is 1070 g/mol. The van der Waals surface area contributed by atoms with Gasteiger partial charge in [-0.2, -0.15) is 0 Å². The molecular formula is C60H110O6Si5. The molecule has 2 rings (SSSR count). The second-order valence-corrected chi connectivity index (χ2v) is 51.2. The zero-order chi connectivity index (χ0) is 54.4. The summed E-state index contributed by atoms with van der Waals surface area (Å²) in [6.45, 7) is 54.5. The predicted octanol–water partition coefficient (Wildman–Crippen LogP) is 17.3. The highest BCUT2D eigenvalue weighted by Crippen LogP contribution is 2.43. The molecule has 11 heteroatoms. The lowest BCUT2D eigenvalue weighted by Gasteiger charge is -2.45. The van der Waals surface area contributed by atoms with Gasteiger partial charge >= 0.3 is 0 Å². The van der Waals surface area contributed by atoms with Crippen LogP contribution in [0.5, 0.6) is 0 Å². The molecule has 2 aromatic carbocycles. The Bertz CT molecular complexity index is 1850. The fraction of sp³-hybridized carbons (Fsp3) is 0.717. The number of carbonyl (C=O) groups is 1. The zero-order valence-corrected chi connectivity index (χ0v) is 55.2. The number of rotatable bonds is 29. The highest BCUT2D eigenvalue weighted by molar-refractivity contribution is 6.99.